The first-order valence-electron chi connectivity index (χ1n) is 9.90. The molecule has 1 aromatic carbocycles. The van der Waals surface area contributed by atoms with E-state index in [1.807, 2.05) is 6.07 Å². The lowest BCUT2D eigenvalue weighted by Gasteiger charge is -2.38. The molecular formula is C23H38O2Si. The van der Waals surface area contributed by atoms with E-state index in [9.17, 15) is 0 Å². The first-order valence-corrected chi connectivity index (χ1v) is 12.8. The standard InChI is InChI=1S/C23H38O2Si/c1-22(2,3)21-15-20(25-26(7,8)23(4,5)6)14-19(21)17-24-16-18-12-10-9-11-13-18/h9-14,20-21H,15-17H2,1-8H3. The number of benzene rings is 1. The Labute approximate surface area is 162 Å². The number of ether oxygens (including phenoxy) is 1. The molecule has 3 heteroatoms. The van der Waals surface area contributed by atoms with Crippen molar-refractivity contribution < 1.29 is 9.16 Å². The molecule has 0 spiro atoms. The molecule has 2 nitrogen and oxygen atoms in total. The summed E-state index contributed by atoms with van der Waals surface area (Å²) in [6, 6.07) is 10.4. The van der Waals surface area contributed by atoms with Gasteiger partial charge in [0.2, 0.25) is 0 Å². The topological polar surface area (TPSA) is 18.5 Å². The molecule has 0 aliphatic heterocycles. The Kier molecular flexibility index (Phi) is 6.58. The van der Waals surface area contributed by atoms with Gasteiger partial charge in [0.15, 0.2) is 8.32 Å². The molecular weight excluding hydrogens is 336 g/mol. The van der Waals surface area contributed by atoms with Crippen LogP contribution in [0.3, 0.4) is 0 Å². The van der Waals surface area contributed by atoms with Gasteiger partial charge < -0.3 is 9.16 Å². The third-order valence-electron chi connectivity index (χ3n) is 5.99. The number of hydrogen-bond donors (Lipinski definition) is 0. The summed E-state index contributed by atoms with van der Waals surface area (Å²) >= 11 is 0. The fourth-order valence-corrected chi connectivity index (χ4v) is 4.64. The largest absolute Gasteiger partial charge is 0.411 e. The molecule has 0 saturated heterocycles. The SMILES string of the molecule is CC(C)(C)C1CC(O[Si](C)(C)C(C)(C)C)C=C1COCc1ccccc1. The summed E-state index contributed by atoms with van der Waals surface area (Å²) in [5.41, 5.74) is 2.87. The molecule has 0 N–H and O–H groups in total. The zero-order chi connectivity index (χ0) is 19.6. The van der Waals surface area contributed by atoms with Gasteiger partial charge in [0.05, 0.1) is 19.3 Å². The Morgan fingerprint density at radius 3 is 2.12 bits per heavy atom. The molecule has 0 aromatic heterocycles. The van der Waals surface area contributed by atoms with Gasteiger partial charge in [-0.1, -0.05) is 78.0 Å². The second kappa shape index (κ2) is 8.00. The van der Waals surface area contributed by atoms with Crippen LogP contribution in [0.1, 0.15) is 53.5 Å². The Hall–Kier alpha value is -0.903. The summed E-state index contributed by atoms with van der Waals surface area (Å²) in [6.45, 7) is 20.0. The fraction of sp³-hybridized carbons (Fsp3) is 0.652. The van der Waals surface area contributed by atoms with Crippen LogP contribution in [-0.2, 0) is 15.8 Å². The van der Waals surface area contributed by atoms with Gasteiger partial charge in [-0.05, 0) is 47.0 Å². The lowest BCUT2D eigenvalue weighted by molar-refractivity contribution is 0.123. The van der Waals surface area contributed by atoms with Crippen molar-refractivity contribution in [3.05, 3.63) is 47.5 Å². The zero-order valence-electron chi connectivity index (χ0n) is 18.1. The highest BCUT2D eigenvalue weighted by molar-refractivity contribution is 6.74. The van der Waals surface area contributed by atoms with E-state index in [1.165, 1.54) is 11.1 Å². The van der Waals surface area contributed by atoms with Gasteiger partial charge >= 0.3 is 0 Å². The van der Waals surface area contributed by atoms with E-state index < -0.39 is 8.32 Å². The van der Waals surface area contributed by atoms with E-state index in [0.717, 1.165) is 6.42 Å². The first kappa shape index (κ1) is 21.4. The van der Waals surface area contributed by atoms with Gasteiger partial charge in [0.25, 0.3) is 0 Å². The smallest absolute Gasteiger partial charge is 0.192 e. The summed E-state index contributed by atoms with van der Waals surface area (Å²) < 4.78 is 12.8. The molecule has 0 bridgehead atoms. The highest BCUT2D eigenvalue weighted by Gasteiger charge is 2.42. The van der Waals surface area contributed by atoms with Crippen molar-refractivity contribution in [2.75, 3.05) is 6.61 Å². The van der Waals surface area contributed by atoms with Crippen LogP contribution in [0.5, 0.6) is 0 Å². The fourth-order valence-electron chi connectivity index (χ4n) is 3.36. The average Bonchev–Trinajstić information content (AvgIpc) is 2.89. The van der Waals surface area contributed by atoms with Crippen molar-refractivity contribution in [1.82, 2.24) is 0 Å². The molecule has 0 amide bonds. The first-order chi connectivity index (χ1) is 11.9. The minimum Gasteiger partial charge on any atom is -0.411 e. The van der Waals surface area contributed by atoms with Crippen LogP contribution in [0.4, 0.5) is 0 Å². The predicted molar refractivity (Wildman–Crippen MR) is 114 cm³/mol. The quantitative estimate of drug-likeness (QED) is 0.413. The lowest BCUT2D eigenvalue weighted by Crippen LogP contribution is -2.43. The maximum absolute atomic E-state index is 6.69. The van der Waals surface area contributed by atoms with Crippen LogP contribution < -0.4 is 0 Å². The molecule has 146 valence electrons. The van der Waals surface area contributed by atoms with E-state index in [2.05, 4.69) is 85.0 Å². The van der Waals surface area contributed by atoms with Crippen molar-refractivity contribution in [3.63, 3.8) is 0 Å². The van der Waals surface area contributed by atoms with Crippen LogP contribution >= 0.6 is 0 Å². The lowest BCUT2D eigenvalue weighted by atomic mass is 9.77. The molecule has 26 heavy (non-hydrogen) atoms. The molecule has 2 unspecified atom stereocenters. The van der Waals surface area contributed by atoms with Crippen LogP contribution in [0.15, 0.2) is 42.0 Å². The van der Waals surface area contributed by atoms with E-state index >= 15 is 0 Å². The Bertz CT molecular complexity index is 605. The summed E-state index contributed by atoms with van der Waals surface area (Å²) in [7, 11) is -1.76. The monoisotopic (exact) mass is 374 g/mol. The van der Waals surface area contributed by atoms with Crippen molar-refractivity contribution in [1.29, 1.82) is 0 Å². The van der Waals surface area contributed by atoms with Crippen LogP contribution in [0, 0.1) is 11.3 Å². The number of rotatable bonds is 6. The third-order valence-corrected chi connectivity index (χ3v) is 10.5. The second-order valence-electron chi connectivity index (χ2n) is 10.3. The molecule has 1 aromatic rings. The van der Waals surface area contributed by atoms with Crippen molar-refractivity contribution in [3.8, 4) is 0 Å². The maximum Gasteiger partial charge on any atom is 0.192 e. The van der Waals surface area contributed by atoms with Crippen LogP contribution in [0.2, 0.25) is 18.1 Å². The minimum atomic E-state index is -1.76. The molecule has 0 fully saturated rings. The minimum absolute atomic E-state index is 0.230. The predicted octanol–water partition coefficient (Wildman–Crippen LogP) is 6.59. The van der Waals surface area contributed by atoms with Crippen molar-refractivity contribution in [2.24, 2.45) is 11.3 Å². The van der Waals surface area contributed by atoms with E-state index in [0.29, 0.717) is 19.1 Å². The van der Waals surface area contributed by atoms with E-state index in [1.54, 1.807) is 0 Å². The van der Waals surface area contributed by atoms with Gasteiger partial charge in [-0.3, -0.25) is 0 Å². The average molecular weight is 375 g/mol. The molecule has 1 aliphatic rings. The summed E-state index contributed by atoms with van der Waals surface area (Å²) in [5, 5.41) is 0.241. The normalized spacial score (nSPS) is 21.8. The maximum atomic E-state index is 6.69. The third kappa shape index (κ3) is 5.55. The zero-order valence-corrected chi connectivity index (χ0v) is 19.1. The molecule has 2 rings (SSSR count). The molecule has 1 aliphatic carbocycles. The van der Waals surface area contributed by atoms with Crippen molar-refractivity contribution >= 4 is 8.32 Å². The summed E-state index contributed by atoms with van der Waals surface area (Å²) in [4.78, 5) is 0. The molecule has 0 saturated carbocycles. The van der Waals surface area contributed by atoms with Gasteiger partial charge in [-0.15, -0.1) is 0 Å². The molecule has 2 atom stereocenters. The van der Waals surface area contributed by atoms with Gasteiger partial charge in [0.1, 0.15) is 0 Å². The van der Waals surface area contributed by atoms with Gasteiger partial charge in [-0.25, -0.2) is 0 Å². The molecule has 0 radical (unpaired) electrons. The van der Waals surface area contributed by atoms with Crippen LogP contribution in [0.25, 0.3) is 0 Å². The highest BCUT2D eigenvalue weighted by atomic mass is 28.4. The Morgan fingerprint density at radius 1 is 0.962 bits per heavy atom. The van der Waals surface area contributed by atoms with E-state index in [4.69, 9.17) is 9.16 Å². The highest BCUT2D eigenvalue weighted by Crippen LogP contribution is 2.44. The Morgan fingerprint density at radius 2 is 1.58 bits per heavy atom. The summed E-state index contributed by atoms with van der Waals surface area (Å²) in [5.74, 6) is 0.521. The van der Waals surface area contributed by atoms with Crippen LogP contribution in [-0.4, -0.2) is 21.0 Å². The Balaban J connectivity index is 2.04. The van der Waals surface area contributed by atoms with E-state index in [-0.39, 0.29) is 16.6 Å². The summed E-state index contributed by atoms with van der Waals surface area (Å²) in [6.07, 6.45) is 3.68. The van der Waals surface area contributed by atoms with Gasteiger partial charge in [0, 0.05) is 0 Å². The molecule has 0 heterocycles. The van der Waals surface area contributed by atoms with Gasteiger partial charge in [-0.2, -0.15) is 0 Å². The second-order valence-corrected chi connectivity index (χ2v) is 15.0. The number of hydrogen-bond acceptors (Lipinski definition) is 2. The van der Waals surface area contributed by atoms with Crippen molar-refractivity contribution in [2.45, 2.75) is 78.8 Å².